The molecular formula is C13H13BrN2O. The molecule has 0 fully saturated rings. The molecule has 0 radical (unpaired) electrons. The molecule has 0 aliphatic carbocycles. The maximum absolute atomic E-state index is 11.6. The molecule has 0 saturated carbocycles. The van der Waals surface area contributed by atoms with Gasteiger partial charge in [-0.25, -0.2) is 0 Å². The van der Waals surface area contributed by atoms with Gasteiger partial charge in [-0.05, 0) is 37.6 Å². The summed E-state index contributed by atoms with van der Waals surface area (Å²) in [5.74, 6) is -0.342. The van der Waals surface area contributed by atoms with Crippen LogP contribution in [0.4, 0.5) is 0 Å². The van der Waals surface area contributed by atoms with Gasteiger partial charge in [-0.2, -0.15) is 5.26 Å². The normalized spacial score (nSPS) is 11.1. The fraction of sp³-hybridized carbons (Fsp3) is 0.231. The zero-order valence-corrected chi connectivity index (χ0v) is 11.3. The Bertz CT molecular complexity index is 469. The minimum absolute atomic E-state index is 0.0177. The summed E-state index contributed by atoms with van der Waals surface area (Å²) in [5, 5.41) is 11.6. The Balaban J connectivity index is 2.91. The van der Waals surface area contributed by atoms with Gasteiger partial charge in [0.2, 0.25) is 0 Å². The largest absolute Gasteiger partial charge is 0.349 e. The maximum atomic E-state index is 11.6. The van der Waals surface area contributed by atoms with Crippen LogP contribution in [0.3, 0.4) is 0 Å². The van der Waals surface area contributed by atoms with Crippen LogP contribution >= 0.6 is 15.9 Å². The van der Waals surface area contributed by atoms with Gasteiger partial charge in [0.25, 0.3) is 5.91 Å². The van der Waals surface area contributed by atoms with Gasteiger partial charge in [0.05, 0.1) is 0 Å². The lowest BCUT2D eigenvalue weighted by Gasteiger charge is -2.06. The van der Waals surface area contributed by atoms with E-state index in [9.17, 15) is 4.79 Å². The van der Waals surface area contributed by atoms with Crippen molar-refractivity contribution in [3.63, 3.8) is 0 Å². The second kappa shape index (κ2) is 6.21. The average molecular weight is 293 g/mol. The summed E-state index contributed by atoms with van der Waals surface area (Å²) >= 11 is 3.33. The molecule has 1 aromatic rings. The first kappa shape index (κ1) is 13.5. The molecule has 1 amide bonds. The maximum Gasteiger partial charge on any atom is 0.262 e. The van der Waals surface area contributed by atoms with Gasteiger partial charge in [-0.15, -0.1) is 0 Å². The molecule has 1 N–H and O–H groups in total. The average Bonchev–Trinajstić information content (AvgIpc) is 2.27. The Morgan fingerprint density at radius 1 is 1.41 bits per heavy atom. The van der Waals surface area contributed by atoms with Gasteiger partial charge < -0.3 is 5.32 Å². The predicted octanol–water partition coefficient (Wildman–Crippen LogP) is 2.88. The number of rotatable bonds is 3. The van der Waals surface area contributed by atoms with Crippen LogP contribution in [0.5, 0.6) is 0 Å². The quantitative estimate of drug-likeness (QED) is 0.688. The smallest absolute Gasteiger partial charge is 0.262 e. The van der Waals surface area contributed by atoms with E-state index in [2.05, 4.69) is 21.2 Å². The highest BCUT2D eigenvalue weighted by atomic mass is 79.9. The van der Waals surface area contributed by atoms with Crippen molar-refractivity contribution in [1.29, 1.82) is 5.26 Å². The zero-order chi connectivity index (χ0) is 12.8. The summed E-state index contributed by atoms with van der Waals surface area (Å²) < 4.78 is 0.958. The van der Waals surface area contributed by atoms with Crippen LogP contribution < -0.4 is 5.32 Å². The molecule has 3 nitrogen and oxygen atoms in total. The van der Waals surface area contributed by atoms with Gasteiger partial charge in [-0.3, -0.25) is 4.79 Å². The molecule has 0 heterocycles. The summed E-state index contributed by atoms with van der Waals surface area (Å²) in [5.41, 5.74) is 0.935. The monoisotopic (exact) mass is 292 g/mol. The Morgan fingerprint density at radius 3 is 2.47 bits per heavy atom. The van der Waals surface area contributed by atoms with Crippen molar-refractivity contribution in [3.05, 3.63) is 39.9 Å². The molecule has 1 aromatic carbocycles. The number of halogens is 1. The van der Waals surface area contributed by atoms with Crippen molar-refractivity contribution in [2.75, 3.05) is 0 Å². The highest BCUT2D eigenvalue weighted by molar-refractivity contribution is 9.10. The molecule has 0 aliphatic rings. The molecular weight excluding hydrogens is 280 g/mol. The molecule has 0 saturated heterocycles. The number of nitrogens with zero attached hydrogens (tertiary/aromatic N) is 1. The van der Waals surface area contributed by atoms with Gasteiger partial charge in [0.1, 0.15) is 11.6 Å². The number of nitriles is 1. The summed E-state index contributed by atoms with van der Waals surface area (Å²) in [6.07, 6.45) is 1.57. The van der Waals surface area contributed by atoms with Gasteiger partial charge >= 0.3 is 0 Å². The lowest BCUT2D eigenvalue weighted by molar-refractivity contribution is -0.117. The van der Waals surface area contributed by atoms with E-state index in [-0.39, 0.29) is 17.5 Å². The minimum Gasteiger partial charge on any atom is -0.349 e. The van der Waals surface area contributed by atoms with Crippen molar-refractivity contribution < 1.29 is 4.79 Å². The van der Waals surface area contributed by atoms with Crippen LogP contribution in [0, 0.1) is 11.3 Å². The molecule has 4 heteroatoms. The number of carbonyl (C=O) groups excluding carboxylic acids is 1. The summed E-state index contributed by atoms with van der Waals surface area (Å²) in [6.45, 7) is 3.71. The molecule has 1 rings (SSSR count). The van der Waals surface area contributed by atoms with Crippen molar-refractivity contribution >= 4 is 27.9 Å². The fourth-order valence-electron chi connectivity index (χ4n) is 1.21. The molecule has 0 atom stereocenters. The number of amides is 1. The highest BCUT2D eigenvalue weighted by Gasteiger charge is 2.09. The molecule has 0 bridgehead atoms. The van der Waals surface area contributed by atoms with E-state index in [1.165, 1.54) is 0 Å². The first-order valence-corrected chi connectivity index (χ1v) is 6.00. The third kappa shape index (κ3) is 4.41. The molecule has 0 aliphatic heterocycles. The topological polar surface area (TPSA) is 52.9 Å². The van der Waals surface area contributed by atoms with Crippen LogP contribution in [0.15, 0.2) is 34.3 Å². The second-order valence-electron chi connectivity index (χ2n) is 3.85. The fourth-order valence-corrected chi connectivity index (χ4v) is 1.48. The molecule has 17 heavy (non-hydrogen) atoms. The minimum atomic E-state index is -0.342. The highest BCUT2D eigenvalue weighted by Crippen LogP contribution is 2.13. The van der Waals surface area contributed by atoms with Crippen molar-refractivity contribution in [2.24, 2.45) is 0 Å². The third-order valence-corrected chi connectivity index (χ3v) is 2.49. The number of benzene rings is 1. The SMILES string of the molecule is CC(C)NC(=O)/C(C#N)=C/c1ccc(Br)cc1. The van der Waals surface area contributed by atoms with E-state index in [1.54, 1.807) is 6.08 Å². The lowest BCUT2D eigenvalue weighted by atomic mass is 10.1. The van der Waals surface area contributed by atoms with Crippen LogP contribution in [0.1, 0.15) is 19.4 Å². The van der Waals surface area contributed by atoms with Crippen LogP contribution in [0.2, 0.25) is 0 Å². The van der Waals surface area contributed by atoms with Gasteiger partial charge in [0, 0.05) is 10.5 Å². The van der Waals surface area contributed by atoms with E-state index in [4.69, 9.17) is 5.26 Å². The van der Waals surface area contributed by atoms with E-state index >= 15 is 0 Å². The molecule has 0 aromatic heterocycles. The summed E-state index contributed by atoms with van der Waals surface area (Å²) in [6, 6.07) is 9.32. The van der Waals surface area contributed by atoms with E-state index in [0.29, 0.717) is 0 Å². The first-order chi connectivity index (χ1) is 8.02. The summed E-state index contributed by atoms with van der Waals surface area (Å²) in [4.78, 5) is 11.6. The van der Waals surface area contributed by atoms with Gasteiger partial charge in [-0.1, -0.05) is 28.1 Å². The first-order valence-electron chi connectivity index (χ1n) is 5.21. The van der Waals surface area contributed by atoms with E-state index < -0.39 is 0 Å². The van der Waals surface area contributed by atoms with Crippen molar-refractivity contribution in [3.8, 4) is 6.07 Å². The van der Waals surface area contributed by atoms with Gasteiger partial charge in [0.15, 0.2) is 0 Å². The molecule has 0 spiro atoms. The lowest BCUT2D eigenvalue weighted by Crippen LogP contribution is -2.30. The Hall–Kier alpha value is -1.60. The standard InChI is InChI=1S/C13H13BrN2O/c1-9(2)16-13(17)11(8-15)7-10-3-5-12(14)6-4-10/h3-7,9H,1-2H3,(H,16,17)/b11-7+. The van der Waals surface area contributed by atoms with Crippen molar-refractivity contribution in [2.45, 2.75) is 19.9 Å². The van der Waals surface area contributed by atoms with Crippen LogP contribution in [-0.2, 0) is 4.79 Å². The third-order valence-electron chi connectivity index (χ3n) is 1.97. The number of nitrogens with one attached hydrogen (secondary N) is 1. The zero-order valence-electron chi connectivity index (χ0n) is 9.70. The van der Waals surface area contributed by atoms with Crippen LogP contribution in [0.25, 0.3) is 6.08 Å². The molecule has 0 unspecified atom stereocenters. The van der Waals surface area contributed by atoms with E-state index in [0.717, 1.165) is 10.0 Å². The second-order valence-corrected chi connectivity index (χ2v) is 4.77. The van der Waals surface area contributed by atoms with E-state index in [1.807, 2.05) is 44.2 Å². The number of hydrogen-bond acceptors (Lipinski definition) is 2. The Kier molecular flexibility index (Phi) is 4.92. The Morgan fingerprint density at radius 2 is 2.00 bits per heavy atom. The molecule has 88 valence electrons. The van der Waals surface area contributed by atoms with Crippen LogP contribution in [-0.4, -0.2) is 11.9 Å². The van der Waals surface area contributed by atoms with Crippen molar-refractivity contribution in [1.82, 2.24) is 5.32 Å². The predicted molar refractivity (Wildman–Crippen MR) is 71.0 cm³/mol. The number of carbonyl (C=O) groups is 1. The summed E-state index contributed by atoms with van der Waals surface area (Å²) in [7, 11) is 0. The Labute approximate surface area is 109 Å². The number of hydrogen-bond donors (Lipinski definition) is 1.